The third-order valence-corrected chi connectivity index (χ3v) is 6.72. The molecule has 3 N–H and O–H groups in total. The number of rotatable bonds is 8. The number of thioether (sulfide) groups is 1. The van der Waals surface area contributed by atoms with Gasteiger partial charge in [0, 0.05) is 42.1 Å². The molecular weight excluding hydrogens is 461 g/mol. The Kier molecular flexibility index (Phi) is 7.45. The van der Waals surface area contributed by atoms with Gasteiger partial charge in [-0.15, -0.1) is 0 Å². The molecule has 9 nitrogen and oxygen atoms in total. The molecule has 0 fully saturated rings. The normalized spacial score (nSPS) is 11.9. The largest absolute Gasteiger partial charge is 0.493 e. The summed E-state index contributed by atoms with van der Waals surface area (Å²) in [5, 5.41) is 17.5. The van der Waals surface area contributed by atoms with Crippen molar-refractivity contribution >= 4 is 47.8 Å². The Bertz CT molecular complexity index is 1360. The lowest BCUT2D eigenvalue weighted by atomic mass is 9.96. The zero-order valence-corrected chi connectivity index (χ0v) is 20.8. The Morgan fingerprint density at radius 3 is 2.77 bits per heavy atom. The summed E-state index contributed by atoms with van der Waals surface area (Å²) in [5.41, 5.74) is 4.23. The van der Waals surface area contributed by atoms with Crippen molar-refractivity contribution in [2.45, 2.75) is 18.6 Å². The summed E-state index contributed by atoms with van der Waals surface area (Å²) in [4.78, 5) is 33.9. The zero-order valence-electron chi connectivity index (χ0n) is 20.0. The van der Waals surface area contributed by atoms with Crippen LogP contribution in [-0.4, -0.2) is 68.9 Å². The van der Waals surface area contributed by atoms with Gasteiger partial charge in [-0.3, -0.25) is 9.78 Å². The number of aromatic nitrogens is 5. The minimum Gasteiger partial charge on any atom is -0.493 e. The highest BCUT2D eigenvalue weighted by Gasteiger charge is 2.16. The topological polar surface area (TPSA) is 126 Å². The van der Waals surface area contributed by atoms with Crippen LogP contribution in [0.4, 0.5) is 5.82 Å². The third-order valence-electron chi connectivity index (χ3n) is 5.72. The first-order chi connectivity index (χ1) is 16.9. The first kappa shape index (κ1) is 24.4. The lowest BCUT2D eigenvalue weighted by Gasteiger charge is -2.17. The standard InChI is InChI=1S/C24H26BN7O2S/c1-13-31-22(25)20(24(34)32-13)18-10-19(30-12-29-18)28-11-15(35-3)9-14-5-4-6-16-17(23(33)26-2)7-8-27-21(14)16/h4-8,10,12,15H,9,11,25H2,1-3H3,(H,26,33)(H,28,29,30)(H,31,32,34). The molecule has 0 spiro atoms. The molecule has 0 aliphatic carbocycles. The number of nitrogens with zero attached hydrogens (tertiary/aromatic N) is 5. The first-order valence-corrected chi connectivity index (χ1v) is 12.4. The SMILES string of the molecule is Bc1nc(C)nc(O)c1-c1cc(NCC(Cc2cccc3c(C(=O)NC)ccnc23)SC)ncn1. The van der Waals surface area contributed by atoms with Crippen LogP contribution in [0.15, 0.2) is 42.9 Å². The van der Waals surface area contributed by atoms with E-state index in [0.717, 1.165) is 22.9 Å². The number of pyridine rings is 1. The molecule has 0 radical (unpaired) electrons. The number of carbonyl (C=O) groups is 1. The molecule has 1 unspecified atom stereocenters. The lowest BCUT2D eigenvalue weighted by Crippen LogP contribution is -2.21. The van der Waals surface area contributed by atoms with Gasteiger partial charge < -0.3 is 15.7 Å². The first-order valence-electron chi connectivity index (χ1n) is 11.1. The number of amides is 1. The quantitative estimate of drug-likeness (QED) is 0.317. The van der Waals surface area contributed by atoms with Crippen molar-refractivity contribution in [3.05, 3.63) is 59.8 Å². The van der Waals surface area contributed by atoms with Gasteiger partial charge in [0.1, 0.15) is 18.0 Å². The van der Waals surface area contributed by atoms with Gasteiger partial charge in [-0.2, -0.15) is 16.7 Å². The second-order valence-electron chi connectivity index (χ2n) is 8.04. The fourth-order valence-electron chi connectivity index (χ4n) is 4.02. The number of benzene rings is 1. The second-order valence-corrected chi connectivity index (χ2v) is 9.18. The molecule has 0 saturated carbocycles. The average Bonchev–Trinajstić information content (AvgIpc) is 2.85. The smallest absolute Gasteiger partial charge is 0.251 e. The van der Waals surface area contributed by atoms with E-state index in [-0.39, 0.29) is 17.0 Å². The Balaban J connectivity index is 1.53. The zero-order chi connectivity index (χ0) is 24.9. The van der Waals surface area contributed by atoms with Gasteiger partial charge in [0.05, 0.1) is 22.3 Å². The van der Waals surface area contributed by atoms with Crippen molar-refractivity contribution in [1.29, 1.82) is 0 Å². The van der Waals surface area contributed by atoms with Gasteiger partial charge in [0.25, 0.3) is 5.91 Å². The van der Waals surface area contributed by atoms with Crippen LogP contribution in [0.5, 0.6) is 5.88 Å². The van der Waals surface area contributed by atoms with Gasteiger partial charge in [0.2, 0.25) is 5.88 Å². The number of hydrogen-bond acceptors (Lipinski definition) is 9. The van der Waals surface area contributed by atoms with E-state index in [4.69, 9.17) is 0 Å². The molecule has 0 bridgehead atoms. The maximum atomic E-state index is 12.3. The van der Waals surface area contributed by atoms with Crippen LogP contribution in [0, 0.1) is 6.92 Å². The summed E-state index contributed by atoms with van der Waals surface area (Å²) in [6.45, 7) is 2.38. The van der Waals surface area contributed by atoms with Gasteiger partial charge in [-0.25, -0.2) is 15.0 Å². The van der Waals surface area contributed by atoms with Crippen molar-refractivity contribution < 1.29 is 9.90 Å². The summed E-state index contributed by atoms with van der Waals surface area (Å²) in [6.07, 6.45) is 5.97. The van der Waals surface area contributed by atoms with E-state index in [1.54, 1.807) is 44.1 Å². The fourth-order valence-corrected chi connectivity index (χ4v) is 4.62. The minimum atomic E-state index is -0.127. The van der Waals surface area contributed by atoms with E-state index >= 15 is 0 Å². The molecule has 1 amide bonds. The van der Waals surface area contributed by atoms with Gasteiger partial charge in [-0.1, -0.05) is 18.2 Å². The Morgan fingerprint density at radius 2 is 2.03 bits per heavy atom. The number of carbonyl (C=O) groups excluding carboxylic acids is 1. The molecule has 11 heteroatoms. The predicted molar refractivity (Wildman–Crippen MR) is 142 cm³/mol. The van der Waals surface area contributed by atoms with Crippen molar-refractivity contribution in [3.63, 3.8) is 0 Å². The molecule has 3 aromatic heterocycles. The highest BCUT2D eigenvalue weighted by atomic mass is 32.2. The van der Waals surface area contributed by atoms with Crippen molar-refractivity contribution in [1.82, 2.24) is 30.2 Å². The van der Waals surface area contributed by atoms with Crippen LogP contribution < -0.4 is 16.2 Å². The van der Waals surface area contributed by atoms with Crippen LogP contribution in [0.2, 0.25) is 0 Å². The summed E-state index contributed by atoms with van der Waals surface area (Å²) >= 11 is 1.74. The number of aromatic hydroxyl groups is 1. The maximum absolute atomic E-state index is 12.3. The highest BCUT2D eigenvalue weighted by molar-refractivity contribution is 7.99. The number of nitrogens with one attached hydrogen (secondary N) is 2. The van der Waals surface area contributed by atoms with Gasteiger partial charge in [0.15, 0.2) is 7.85 Å². The van der Waals surface area contributed by atoms with Gasteiger partial charge in [-0.05, 0) is 31.2 Å². The van der Waals surface area contributed by atoms with E-state index in [2.05, 4.69) is 47.9 Å². The number of para-hydroxylation sites is 1. The number of aryl methyl sites for hydroxylation is 1. The predicted octanol–water partition coefficient (Wildman–Crippen LogP) is 1.50. The van der Waals surface area contributed by atoms with E-state index in [9.17, 15) is 9.90 Å². The summed E-state index contributed by atoms with van der Waals surface area (Å²) in [7, 11) is 3.44. The van der Waals surface area contributed by atoms with E-state index in [1.165, 1.54) is 6.33 Å². The van der Waals surface area contributed by atoms with E-state index in [1.807, 2.05) is 20.0 Å². The molecule has 0 aliphatic heterocycles. The number of fused-ring (bicyclic) bond motifs is 1. The van der Waals surface area contributed by atoms with Crippen LogP contribution in [0.1, 0.15) is 21.7 Å². The Hall–Kier alpha value is -3.73. The molecule has 4 aromatic rings. The summed E-state index contributed by atoms with van der Waals surface area (Å²) in [6, 6.07) is 9.47. The highest BCUT2D eigenvalue weighted by Crippen LogP contribution is 2.26. The summed E-state index contributed by atoms with van der Waals surface area (Å²) < 4.78 is 0. The molecule has 178 valence electrons. The van der Waals surface area contributed by atoms with Gasteiger partial charge >= 0.3 is 0 Å². The molecule has 35 heavy (non-hydrogen) atoms. The second kappa shape index (κ2) is 10.7. The molecule has 3 heterocycles. The lowest BCUT2D eigenvalue weighted by molar-refractivity contribution is 0.0964. The number of anilines is 1. The Labute approximate surface area is 208 Å². The van der Waals surface area contributed by atoms with Crippen LogP contribution in [0.3, 0.4) is 0 Å². The van der Waals surface area contributed by atoms with E-state index < -0.39 is 0 Å². The number of hydrogen-bond donors (Lipinski definition) is 3. The fraction of sp³-hybridized carbons (Fsp3) is 0.250. The van der Waals surface area contributed by atoms with Crippen LogP contribution >= 0.6 is 11.8 Å². The molecule has 1 atom stereocenters. The van der Waals surface area contributed by atoms with Crippen molar-refractivity contribution in [2.24, 2.45) is 0 Å². The average molecular weight is 487 g/mol. The molecule has 1 aromatic carbocycles. The molecule has 0 aliphatic rings. The molecular formula is C24H26BN7O2S. The monoisotopic (exact) mass is 487 g/mol. The van der Waals surface area contributed by atoms with E-state index in [0.29, 0.717) is 40.6 Å². The molecule has 0 saturated heterocycles. The summed E-state index contributed by atoms with van der Waals surface area (Å²) in [5.74, 6) is 0.925. The van der Waals surface area contributed by atoms with Crippen LogP contribution in [-0.2, 0) is 6.42 Å². The van der Waals surface area contributed by atoms with Crippen molar-refractivity contribution in [2.75, 3.05) is 25.2 Å². The molecule has 4 rings (SSSR count). The Morgan fingerprint density at radius 1 is 1.20 bits per heavy atom. The third kappa shape index (κ3) is 5.35. The maximum Gasteiger partial charge on any atom is 0.251 e. The minimum absolute atomic E-state index is 0.0961. The van der Waals surface area contributed by atoms with Crippen LogP contribution in [0.25, 0.3) is 22.2 Å². The van der Waals surface area contributed by atoms with Crippen molar-refractivity contribution in [3.8, 4) is 17.1 Å².